The second kappa shape index (κ2) is 12.3. The van der Waals surface area contributed by atoms with Crippen molar-refractivity contribution in [1.29, 1.82) is 0 Å². The van der Waals surface area contributed by atoms with Crippen molar-refractivity contribution in [3.05, 3.63) is 200 Å². The third kappa shape index (κ3) is 5.42. The van der Waals surface area contributed by atoms with Gasteiger partial charge in [-0.05, 0) is 108 Å². The van der Waals surface area contributed by atoms with Crippen LogP contribution in [0.2, 0.25) is 0 Å². The lowest BCUT2D eigenvalue weighted by molar-refractivity contribution is 1.28. The molecule has 9 aromatic carbocycles. The number of hydrogen-bond donors (Lipinski definition) is 0. The van der Waals surface area contributed by atoms with Gasteiger partial charge >= 0.3 is 0 Å². The van der Waals surface area contributed by atoms with Crippen LogP contribution in [-0.2, 0) is 0 Å². The first-order chi connectivity index (χ1) is 24.3. The van der Waals surface area contributed by atoms with Crippen LogP contribution >= 0.6 is 0 Å². The Morgan fingerprint density at radius 3 is 1.24 bits per heavy atom. The standard InChI is InChI=1S/C48H33N/c1-3-9-34(10-4-1)35-15-17-36(18-16-35)37-25-29-44(30-26-37)49(43-12-5-2-6-13-43)45-31-27-38(28-32-45)42-24-21-40-20-23-41-22-19-39-11-7-8-14-46(39)48(41)47(40)33-42/h1-33H. The second-order valence-electron chi connectivity index (χ2n) is 12.6. The average Bonchev–Trinajstić information content (AvgIpc) is 3.19. The first kappa shape index (κ1) is 28.8. The van der Waals surface area contributed by atoms with Crippen LogP contribution in [0, 0.1) is 0 Å². The van der Waals surface area contributed by atoms with Gasteiger partial charge in [0.15, 0.2) is 0 Å². The number of hydrogen-bond acceptors (Lipinski definition) is 1. The lowest BCUT2D eigenvalue weighted by atomic mass is 9.94. The molecule has 9 rings (SSSR count). The van der Waals surface area contributed by atoms with Gasteiger partial charge in [-0.3, -0.25) is 0 Å². The van der Waals surface area contributed by atoms with Crippen molar-refractivity contribution < 1.29 is 0 Å². The van der Waals surface area contributed by atoms with Crippen molar-refractivity contribution in [3.63, 3.8) is 0 Å². The van der Waals surface area contributed by atoms with Crippen molar-refractivity contribution in [3.8, 4) is 33.4 Å². The molecule has 0 N–H and O–H groups in total. The molecule has 9 aromatic rings. The van der Waals surface area contributed by atoms with Crippen LogP contribution in [0.5, 0.6) is 0 Å². The Bertz CT molecular complexity index is 2550. The van der Waals surface area contributed by atoms with Gasteiger partial charge in [-0.1, -0.05) is 158 Å². The Morgan fingerprint density at radius 1 is 0.245 bits per heavy atom. The van der Waals surface area contributed by atoms with E-state index in [-0.39, 0.29) is 0 Å². The van der Waals surface area contributed by atoms with Crippen molar-refractivity contribution in [2.75, 3.05) is 4.90 Å². The van der Waals surface area contributed by atoms with E-state index in [0.29, 0.717) is 0 Å². The Kier molecular flexibility index (Phi) is 7.22. The highest BCUT2D eigenvalue weighted by Gasteiger charge is 2.14. The fourth-order valence-corrected chi connectivity index (χ4v) is 7.12. The number of nitrogens with zero attached hydrogens (tertiary/aromatic N) is 1. The van der Waals surface area contributed by atoms with E-state index < -0.39 is 0 Å². The molecule has 0 aliphatic carbocycles. The Labute approximate surface area is 287 Å². The summed E-state index contributed by atoms with van der Waals surface area (Å²) in [6, 6.07) is 72.3. The highest BCUT2D eigenvalue weighted by Crippen LogP contribution is 2.38. The van der Waals surface area contributed by atoms with Gasteiger partial charge in [-0.2, -0.15) is 0 Å². The number of benzene rings is 9. The van der Waals surface area contributed by atoms with Gasteiger partial charge in [0.25, 0.3) is 0 Å². The van der Waals surface area contributed by atoms with Crippen LogP contribution in [0.4, 0.5) is 17.1 Å². The lowest BCUT2D eigenvalue weighted by Crippen LogP contribution is -2.09. The Hall–Kier alpha value is -6.44. The van der Waals surface area contributed by atoms with Gasteiger partial charge in [0.1, 0.15) is 0 Å². The van der Waals surface area contributed by atoms with Gasteiger partial charge in [0, 0.05) is 17.1 Å². The fourth-order valence-electron chi connectivity index (χ4n) is 7.12. The molecule has 0 aliphatic rings. The Morgan fingerprint density at radius 2 is 0.633 bits per heavy atom. The predicted octanol–water partition coefficient (Wildman–Crippen LogP) is 13.6. The molecule has 0 spiro atoms. The van der Waals surface area contributed by atoms with E-state index in [2.05, 4.69) is 205 Å². The van der Waals surface area contributed by atoms with Crippen LogP contribution in [0.3, 0.4) is 0 Å². The Balaban J connectivity index is 1.06. The van der Waals surface area contributed by atoms with Gasteiger partial charge in [0.05, 0.1) is 0 Å². The van der Waals surface area contributed by atoms with Crippen molar-refractivity contribution in [2.45, 2.75) is 0 Å². The smallest absolute Gasteiger partial charge is 0.0462 e. The maximum Gasteiger partial charge on any atom is 0.0462 e. The molecule has 0 heterocycles. The number of rotatable bonds is 6. The van der Waals surface area contributed by atoms with Crippen LogP contribution in [0.15, 0.2) is 200 Å². The maximum absolute atomic E-state index is 2.36. The molecule has 0 bridgehead atoms. The van der Waals surface area contributed by atoms with E-state index in [1.807, 2.05) is 0 Å². The van der Waals surface area contributed by atoms with Gasteiger partial charge < -0.3 is 4.90 Å². The molecule has 49 heavy (non-hydrogen) atoms. The minimum atomic E-state index is 1.12. The summed E-state index contributed by atoms with van der Waals surface area (Å²) in [5.74, 6) is 0. The van der Waals surface area contributed by atoms with Gasteiger partial charge in [-0.25, -0.2) is 0 Å². The molecule has 0 saturated heterocycles. The zero-order valence-corrected chi connectivity index (χ0v) is 27.0. The quantitative estimate of drug-likeness (QED) is 0.167. The highest BCUT2D eigenvalue weighted by atomic mass is 15.1. The average molecular weight is 624 g/mol. The van der Waals surface area contributed by atoms with E-state index in [1.165, 1.54) is 65.7 Å². The monoisotopic (exact) mass is 623 g/mol. The lowest BCUT2D eigenvalue weighted by Gasteiger charge is -2.26. The summed E-state index contributed by atoms with van der Waals surface area (Å²) in [6.45, 7) is 0. The van der Waals surface area contributed by atoms with Crippen LogP contribution < -0.4 is 4.90 Å². The van der Waals surface area contributed by atoms with E-state index >= 15 is 0 Å². The molecular formula is C48H33N. The maximum atomic E-state index is 2.36. The fraction of sp³-hybridized carbons (Fsp3) is 0. The summed E-state index contributed by atoms with van der Waals surface area (Å²) in [7, 11) is 0. The predicted molar refractivity (Wildman–Crippen MR) is 210 cm³/mol. The highest BCUT2D eigenvalue weighted by molar-refractivity contribution is 6.20. The SMILES string of the molecule is c1ccc(-c2ccc(-c3ccc(N(c4ccccc4)c4ccc(-c5ccc6ccc7ccc8ccccc8c7c6c5)cc4)cc3)cc2)cc1. The molecule has 0 aliphatic heterocycles. The van der Waals surface area contributed by atoms with Crippen LogP contribution in [0.25, 0.3) is 65.7 Å². The van der Waals surface area contributed by atoms with Gasteiger partial charge in [-0.15, -0.1) is 0 Å². The van der Waals surface area contributed by atoms with Crippen molar-refractivity contribution >= 4 is 49.4 Å². The van der Waals surface area contributed by atoms with Gasteiger partial charge in [0.2, 0.25) is 0 Å². The summed E-state index contributed by atoms with van der Waals surface area (Å²) in [4.78, 5) is 2.33. The molecule has 0 fully saturated rings. The summed E-state index contributed by atoms with van der Waals surface area (Å²) >= 11 is 0. The minimum Gasteiger partial charge on any atom is -0.311 e. The normalized spacial score (nSPS) is 11.3. The molecule has 230 valence electrons. The zero-order chi connectivity index (χ0) is 32.6. The molecule has 0 amide bonds. The second-order valence-corrected chi connectivity index (χ2v) is 12.6. The number of anilines is 3. The van der Waals surface area contributed by atoms with Crippen molar-refractivity contribution in [1.82, 2.24) is 0 Å². The van der Waals surface area contributed by atoms with Crippen LogP contribution in [-0.4, -0.2) is 0 Å². The van der Waals surface area contributed by atoms with E-state index in [4.69, 9.17) is 0 Å². The molecule has 0 aromatic heterocycles. The first-order valence-electron chi connectivity index (χ1n) is 16.8. The third-order valence-electron chi connectivity index (χ3n) is 9.65. The first-order valence-corrected chi connectivity index (χ1v) is 16.8. The van der Waals surface area contributed by atoms with Crippen LogP contribution in [0.1, 0.15) is 0 Å². The number of fused-ring (bicyclic) bond motifs is 5. The minimum absolute atomic E-state index is 1.12. The molecular weight excluding hydrogens is 591 g/mol. The largest absolute Gasteiger partial charge is 0.311 e. The molecule has 0 unspecified atom stereocenters. The summed E-state index contributed by atoms with van der Waals surface area (Å²) in [5, 5.41) is 7.71. The molecule has 1 nitrogen and oxygen atoms in total. The van der Waals surface area contributed by atoms with E-state index in [0.717, 1.165) is 17.1 Å². The summed E-state index contributed by atoms with van der Waals surface area (Å²) in [6.07, 6.45) is 0. The van der Waals surface area contributed by atoms with E-state index in [9.17, 15) is 0 Å². The topological polar surface area (TPSA) is 3.24 Å². The summed E-state index contributed by atoms with van der Waals surface area (Å²) < 4.78 is 0. The van der Waals surface area contributed by atoms with E-state index in [1.54, 1.807) is 0 Å². The molecule has 0 saturated carbocycles. The third-order valence-corrected chi connectivity index (χ3v) is 9.65. The molecule has 0 atom stereocenters. The number of para-hydroxylation sites is 1. The summed E-state index contributed by atoms with van der Waals surface area (Å²) in [5.41, 5.74) is 10.6. The van der Waals surface area contributed by atoms with Crippen molar-refractivity contribution in [2.24, 2.45) is 0 Å². The zero-order valence-electron chi connectivity index (χ0n) is 27.0. The molecule has 1 heteroatoms. The molecule has 0 radical (unpaired) electrons.